The molecule has 152 valence electrons. The summed E-state index contributed by atoms with van der Waals surface area (Å²) in [4.78, 5) is 38.2. The topological polar surface area (TPSA) is 87.7 Å². The second kappa shape index (κ2) is 7.50. The number of rotatable bonds is 5. The van der Waals surface area contributed by atoms with Crippen LogP contribution in [0.25, 0.3) is 0 Å². The molecular weight excluding hydrogens is 384 g/mol. The summed E-state index contributed by atoms with van der Waals surface area (Å²) in [6.45, 7) is 2.48. The van der Waals surface area contributed by atoms with Crippen molar-refractivity contribution >= 4 is 23.5 Å². The van der Waals surface area contributed by atoms with Gasteiger partial charge in [-0.05, 0) is 49.7 Å². The summed E-state index contributed by atoms with van der Waals surface area (Å²) in [5, 5.41) is 4.93. The van der Waals surface area contributed by atoms with Crippen LogP contribution in [0.3, 0.4) is 0 Å². The number of imide groups is 1. The number of urea groups is 1. The molecule has 0 saturated carbocycles. The Morgan fingerprint density at radius 2 is 1.93 bits per heavy atom. The van der Waals surface area contributed by atoms with E-state index in [9.17, 15) is 23.2 Å². The highest BCUT2D eigenvalue weighted by Gasteiger charge is 2.50. The van der Waals surface area contributed by atoms with Gasteiger partial charge in [0.05, 0.1) is 12.8 Å². The molecule has 1 atom stereocenters. The molecule has 0 radical (unpaired) electrons. The predicted octanol–water partition coefficient (Wildman–Crippen LogP) is 2.69. The van der Waals surface area contributed by atoms with Gasteiger partial charge in [-0.15, -0.1) is 0 Å². The van der Waals surface area contributed by atoms with E-state index in [1.165, 1.54) is 14.0 Å². The molecule has 0 bridgehead atoms. The first-order chi connectivity index (χ1) is 13.7. The second-order valence-electron chi connectivity index (χ2n) is 6.82. The molecule has 2 N–H and O–H groups in total. The van der Waals surface area contributed by atoms with Crippen LogP contribution in [0, 0.1) is 18.6 Å². The van der Waals surface area contributed by atoms with E-state index in [-0.39, 0.29) is 5.56 Å². The van der Waals surface area contributed by atoms with Crippen LogP contribution in [-0.4, -0.2) is 36.4 Å². The molecule has 2 aromatic rings. The first-order valence-electron chi connectivity index (χ1n) is 8.70. The fraction of sp³-hybridized carbons (Fsp3) is 0.250. The molecule has 1 fully saturated rings. The number of halogens is 2. The van der Waals surface area contributed by atoms with E-state index in [1.807, 2.05) is 6.92 Å². The van der Waals surface area contributed by atoms with Crippen molar-refractivity contribution < 1.29 is 27.9 Å². The first kappa shape index (κ1) is 20.2. The number of anilines is 1. The normalized spacial score (nSPS) is 18.6. The maximum absolute atomic E-state index is 14.2. The molecule has 0 aromatic heterocycles. The molecule has 1 aliphatic rings. The van der Waals surface area contributed by atoms with Crippen LogP contribution in [0.2, 0.25) is 0 Å². The minimum Gasteiger partial charge on any atom is -0.495 e. The maximum Gasteiger partial charge on any atom is 0.325 e. The molecule has 9 heteroatoms. The van der Waals surface area contributed by atoms with E-state index in [1.54, 1.807) is 18.2 Å². The Morgan fingerprint density at radius 1 is 1.21 bits per heavy atom. The Morgan fingerprint density at radius 3 is 2.62 bits per heavy atom. The lowest BCUT2D eigenvalue weighted by Gasteiger charge is -2.22. The van der Waals surface area contributed by atoms with Gasteiger partial charge < -0.3 is 15.4 Å². The van der Waals surface area contributed by atoms with Gasteiger partial charge in [-0.1, -0.05) is 6.07 Å². The Bertz CT molecular complexity index is 1010. The summed E-state index contributed by atoms with van der Waals surface area (Å²) >= 11 is 0. The van der Waals surface area contributed by atoms with Crippen LogP contribution < -0.4 is 15.4 Å². The number of carbonyl (C=O) groups excluding carboxylic acids is 3. The van der Waals surface area contributed by atoms with Crippen LogP contribution in [0.15, 0.2) is 36.4 Å². The highest BCUT2D eigenvalue weighted by Crippen LogP contribution is 2.31. The SMILES string of the molecule is COc1ccc(C)cc1NC(=O)CN1C(=O)N[C@@](C)(c2cc(F)ccc2F)C1=O. The molecule has 2 aromatic carbocycles. The van der Waals surface area contributed by atoms with E-state index in [4.69, 9.17) is 4.74 Å². The minimum atomic E-state index is -1.83. The number of amides is 4. The highest BCUT2D eigenvalue weighted by molar-refractivity contribution is 6.10. The number of nitrogens with one attached hydrogen (secondary N) is 2. The Labute approximate surface area is 165 Å². The third kappa shape index (κ3) is 3.75. The lowest BCUT2D eigenvalue weighted by molar-refractivity contribution is -0.133. The van der Waals surface area contributed by atoms with Crippen LogP contribution in [0.4, 0.5) is 19.3 Å². The highest BCUT2D eigenvalue weighted by atomic mass is 19.1. The summed E-state index contributed by atoms with van der Waals surface area (Å²) in [7, 11) is 1.44. The summed E-state index contributed by atoms with van der Waals surface area (Å²) in [6, 6.07) is 6.88. The Hall–Kier alpha value is -3.49. The summed E-state index contributed by atoms with van der Waals surface area (Å²) < 4.78 is 32.9. The van der Waals surface area contributed by atoms with E-state index < -0.39 is 41.6 Å². The predicted molar refractivity (Wildman–Crippen MR) is 100 cm³/mol. The average molecular weight is 403 g/mol. The van der Waals surface area contributed by atoms with Crippen molar-refractivity contribution in [3.05, 3.63) is 59.2 Å². The molecule has 1 heterocycles. The van der Waals surface area contributed by atoms with E-state index in [2.05, 4.69) is 10.6 Å². The van der Waals surface area contributed by atoms with Gasteiger partial charge in [-0.3, -0.25) is 14.5 Å². The lowest BCUT2D eigenvalue weighted by Crippen LogP contribution is -2.42. The molecule has 4 amide bonds. The molecule has 29 heavy (non-hydrogen) atoms. The van der Waals surface area contributed by atoms with E-state index >= 15 is 0 Å². The van der Waals surface area contributed by atoms with Crippen LogP contribution in [-0.2, 0) is 15.1 Å². The fourth-order valence-corrected chi connectivity index (χ4v) is 3.16. The van der Waals surface area contributed by atoms with Crippen molar-refractivity contribution in [1.82, 2.24) is 10.2 Å². The van der Waals surface area contributed by atoms with Gasteiger partial charge in [0.15, 0.2) is 0 Å². The summed E-state index contributed by atoms with van der Waals surface area (Å²) in [5.74, 6) is -2.71. The van der Waals surface area contributed by atoms with Crippen molar-refractivity contribution in [2.24, 2.45) is 0 Å². The Balaban J connectivity index is 1.81. The second-order valence-corrected chi connectivity index (χ2v) is 6.82. The number of ether oxygens (including phenoxy) is 1. The number of aryl methyl sites for hydroxylation is 1. The lowest BCUT2D eigenvalue weighted by atomic mass is 9.91. The fourth-order valence-electron chi connectivity index (χ4n) is 3.16. The first-order valence-corrected chi connectivity index (χ1v) is 8.70. The van der Waals surface area contributed by atoms with Gasteiger partial charge in [-0.2, -0.15) is 0 Å². The standard InChI is InChI=1S/C20H19F2N3O4/c1-11-4-7-16(29-3)15(8-11)23-17(26)10-25-18(27)20(2,24-19(25)28)13-9-12(21)5-6-14(13)22/h4-9H,10H2,1-3H3,(H,23,26)(H,24,28)/t20-/m0/s1. The van der Waals surface area contributed by atoms with Gasteiger partial charge in [0.1, 0.15) is 29.5 Å². The molecule has 3 rings (SSSR count). The summed E-state index contributed by atoms with van der Waals surface area (Å²) in [6.07, 6.45) is 0. The zero-order chi connectivity index (χ0) is 21.3. The molecular formula is C20H19F2N3O4. The number of carbonyl (C=O) groups is 3. The van der Waals surface area contributed by atoms with Crippen molar-refractivity contribution in [3.63, 3.8) is 0 Å². The number of hydrogen-bond donors (Lipinski definition) is 2. The van der Waals surface area contributed by atoms with Crippen LogP contribution >= 0.6 is 0 Å². The monoisotopic (exact) mass is 403 g/mol. The maximum atomic E-state index is 14.2. The Kier molecular flexibility index (Phi) is 5.23. The average Bonchev–Trinajstić information content (AvgIpc) is 2.88. The third-order valence-corrected chi connectivity index (χ3v) is 4.67. The number of hydrogen-bond acceptors (Lipinski definition) is 4. The van der Waals surface area contributed by atoms with Gasteiger partial charge in [0.2, 0.25) is 5.91 Å². The summed E-state index contributed by atoms with van der Waals surface area (Å²) in [5.41, 5.74) is -0.905. The zero-order valence-electron chi connectivity index (χ0n) is 16.0. The molecule has 7 nitrogen and oxygen atoms in total. The quantitative estimate of drug-likeness (QED) is 0.752. The van der Waals surface area contributed by atoms with Crippen molar-refractivity contribution in [2.75, 3.05) is 19.0 Å². The largest absolute Gasteiger partial charge is 0.495 e. The van der Waals surface area contributed by atoms with Crippen molar-refractivity contribution in [2.45, 2.75) is 19.4 Å². The van der Waals surface area contributed by atoms with Gasteiger partial charge >= 0.3 is 6.03 Å². The van der Waals surface area contributed by atoms with Gasteiger partial charge in [0.25, 0.3) is 5.91 Å². The molecule has 1 aliphatic heterocycles. The molecule has 1 saturated heterocycles. The van der Waals surface area contributed by atoms with Crippen LogP contribution in [0.1, 0.15) is 18.1 Å². The zero-order valence-corrected chi connectivity index (χ0v) is 16.0. The van der Waals surface area contributed by atoms with E-state index in [0.29, 0.717) is 16.3 Å². The molecule has 0 spiro atoms. The smallest absolute Gasteiger partial charge is 0.325 e. The van der Waals surface area contributed by atoms with Gasteiger partial charge in [-0.25, -0.2) is 13.6 Å². The van der Waals surface area contributed by atoms with Crippen molar-refractivity contribution in [3.8, 4) is 5.75 Å². The van der Waals surface area contributed by atoms with Crippen molar-refractivity contribution in [1.29, 1.82) is 0 Å². The molecule has 0 aliphatic carbocycles. The third-order valence-electron chi connectivity index (χ3n) is 4.67. The number of benzene rings is 2. The minimum absolute atomic E-state index is 0.320. The molecule has 0 unspecified atom stereocenters. The van der Waals surface area contributed by atoms with Crippen LogP contribution in [0.5, 0.6) is 5.75 Å². The number of methoxy groups -OCH3 is 1. The van der Waals surface area contributed by atoms with E-state index in [0.717, 1.165) is 23.8 Å². The van der Waals surface area contributed by atoms with Gasteiger partial charge in [0, 0.05) is 5.56 Å². The number of nitrogens with zero attached hydrogens (tertiary/aromatic N) is 1.